The summed E-state index contributed by atoms with van der Waals surface area (Å²) in [6.07, 6.45) is 0. The van der Waals surface area contributed by atoms with E-state index in [-0.39, 0.29) is 5.91 Å². The fraction of sp³-hybridized carbons (Fsp3) is 0.391. The molecule has 0 saturated carbocycles. The molecule has 1 aromatic heterocycles. The van der Waals surface area contributed by atoms with Gasteiger partial charge in [0.2, 0.25) is 5.91 Å². The maximum atomic E-state index is 11.5. The molecule has 2 aromatic carbocycles. The van der Waals surface area contributed by atoms with Crippen LogP contribution < -0.4 is 9.47 Å². The molecule has 0 N–H and O–H groups in total. The first kappa shape index (κ1) is 19.3. The van der Waals surface area contributed by atoms with E-state index in [4.69, 9.17) is 9.47 Å². The number of fused-ring (bicyclic) bond motifs is 2. The van der Waals surface area contributed by atoms with Crippen molar-refractivity contribution in [3.63, 3.8) is 0 Å². The zero-order valence-electron chi connectivity index (χ0n) is 17.0. The van der Waals surface area contributed by atoms with Gasteiger partial charge >= 0.3 is 0 Å². The summed E-state index contributed by atoms with van der Waals surface area (Å²) in [5, 5.41) is 0.646. The molecular formula is C23H25N3O3S. The van der Waals surface area contributed by atoms with Crippen LogP contribution in [0.2, 0.25) is 0 Å². The minimum absolute atomic E-state index is 0.204. The predicted octanol–water partition coefficient (Wildman–Crippen LogP) is 3.88. The number of amides is 1. The maximum absolute atomic E-state index is 11.5. The topological polar surface area (TPSA) is 54.9 Å². The molecule has 0 radical (unpaired) electrons. The zero-order valence-corrected chi connectivity index (χ0v) is 17.8. The second-order valence-electron chi connectivity index (χ2n) is 8.07. The lowest BCUT2D eigenvalue weighted by molar-refractivity contribution is -0.128. The number of hydrogen-bond acceptors (Lipinski definition) is 6. The van der Waals surface area contributed by atoms with Gasteiger partial charge in [0.25, 0.3) is 5.19 Å². The Labute approximate surface area is 180 Å². The Morgan fingerprint density at radius 2 is 1.73 bits per heavy atom. The number of likely N-dealkylation sites (tertiary alicyclic amines) is 2. The van der Waals surface area contributed by atoms with Crippen LogP contribution >= 0.6 is 11.3 Å². The summed E-state index contributed by atoms with van der Waals surface area (Å²) in [5.74, 6) is 3.04. The van der Waals surface area contributed by atoms with Gasteiger partial charge in [-0.2, -0.15) is 0 Å². The van der Waals surface area contributed by atoms with E-state index in [1.54, 1.807) is 18.3 Å². The largest absolute Gasteiger partial charge is 0.492 e. The van der Waals surface area contributed by atoms with Crippen LogP contribution in [0.15, 0.2) is 48.5 Å². The van der Waals surface area contributed by atoms with Crippen molar-refractivity contribution in [2.24, 2.45) is 11.8 Å². The average Bonchev–Trinajstić information content (AvgIpc) is 3.41. The molecule has 2 aliphatic rings. The molecule has 6 nitrogen and oxygen atoms in total. The van der Waals surface area contributed by atoms with Gasteiger partial charge in [-0.3, -0.25) is 9.69 Å². The summed E-state index contributed by atoms with van der Waals surface area (Å²) in [6, 6.07) is 15.7. The first-order valence-electron chi connectivity index (χ1n) is 10.4. The number of para-hydroxylation sites is 1. The maximum Gasteiger partial charge on any atom is 0.279 e. The molecule has 3 heterocycles. The molecule has 1 amide bonds. The van der Waals surface area contributed by atoms with E-state index in [1.807, 2.05) is 53.4 Å². The van der Waals surface area contributed by atoms with Gasteiger partial charge in [0.1, 0.15) is 18.1 Å². The summed E-state index contributed by atoms with van der Waals surface area (Å²) >= 11 is 1.54. The van der Waals surface area contributed by atoms with Gasteiger partial charge in [0, 0.05) is 39.6 Å². The van der Waals surface area contributed by atoms with Gasteiger partial charge in [-0.1, -0.05) is 23.5 Å². The van der Waals surface area contributed by atoms with Crippen LogP contribution in [-0.2, 0) is 4.79 Å². The molecule has 2 saturated heterocycles. The van der Waals surface area contributed by atoms with Crippen LogP contribution in [0, 0.1) is 11.8 Å². The Balaban J connectivity index is 1.08. The van der Waals surface area contributed by atoms with Gasteiger partial charge in [-0.15, -0.1) is 0 Å². The first-order valence-corrected chi connectivity index (χ1v) is 11.2. The van der Waals surface area contributed by atoms with Crippen molar-refractivity contribution in [2.45, 2.75) is 6.92 Å². The number of benzene rings is 2. The highest BCUT2D eigenvalue weighted by Gasteiger charge is 2.40. The number of carbonyl (C=O) groups excluding carboxylic acids is 1. The zero-order chi connectivity index (χ0) is 20.5. The van der Waals surface area contributed by atoms with Crippen molar-refractivity contribution in [1.82, 2.24) is 14.8 Å². The minimum atomic E-state index is 0.204. The Bertz CT molecular complexity index is 989. The van der Waals surface area contributed by atoms with Crippen molar-refractivity contribution in [1.29, 1.82) is 0 Å². The number of ether oxygens (including phenoxy) is 2. The third-order valence-electron chi connectivity index (χ3n) is 5.99. The second kappa shape index (κ2) is 8.24. The summed E-state index contributed by atoms with van der Waals surface area (Å²) in [7, 11) is 0. The van der Waals surface area contributed by atoms with Gasteiger partial charge in [-0.25, -0.2) is 4.98 Å². The fourth-order valence-corrected chi connectivity index (χ4v) is 5.26. The summed E-state index contributed by atoms with van der Waals surface area (Å²) in [4.78, 5) is 20.5. The molecule has 0 bridgehead atoms. The third kappa shape index (κ3) is 4.13. The van der Waals surface area contributed by atoms with Crippen molar-refractivity contribution < 1.29 is 14.3 Å². The Hall–Kier alpha value is -2.64. The SMILES string of the molecule is CC(=O)N1CC2CN(CCOc3ccc(Oc4nc5ccccc5s4)cc3)CC2C1. The Morgan fingerprint density at radius 1 is 1.03 bits per heavy atom. The van der Waals surface area contributed by atoms with Crippen LogP contribution in [0.25, 0.3) is 10.2 Å². The molecule has 2 fully saturated rings. The van der Waals surface area contributed by atoms with Crippen molar-refractivity contribution in [3.8, 4) is 16.7 Å². The molecule has 3 aromatic rings. The van der Waals surface area contributed by atoms with E-state index in [0.717, 1.165) is 54.4 Å². The van der Waals surface area contributed by atoms with Crippen LogP contribution in [0.3, 0.4) is 0 Å². The highest BCUT2D eigenvalue weighted by Crippen LogP contribution is 2.32. The predicted molar refractivity (Wildman–Crippen MR) is 117 cm³/mol. The van der Waals surface area contributed by atoms with Crippen LogP contribution in [-0.4, -0.2) is 60.0 Å². The Kier molecular flexibility index (Phi) is 5.31. The van der Waals surface area contributed by atoms with E-state index in [0.29, 0.717) is 23.6 Å². The number of nitrogens with zero attached hydrogens (tertiary/aromatic N) is 3. The summed E-state index contributed by atoms with van der Waals surface area (Å²) < 4.78 is 12.9. The first-order chi connectivity index (χ1) is 14.6. The molecular weight excluding hydrogens is 398 g/mol. The summed E-state index contributed by atoms with van der Waals surface area (Å²) in [6.45, 7) is 7.19. The highest BCUT2D eigenvalue weighted by atomic mass is 32.1. The van der Waals surface area contributed by atoms with Crippen LogP contribution in [0.1, 0.15) is 6.92 Å². The molecule has 0 aliphatic carbocycles. The van der Waals surface area contributed by atoms with E-state index in [1.165, 1.54) is 0 Å². The molecule has 30 heavy (non-hydrogen) atoms. The lowest BCUT2D eigenvalue weighted by Gasteiger charge is -2.20. The van der Waals surface area contributed by atoms with Gasteiger partial charge < -0.3 is 14.4 Å². The second-order valence-corrected chi connectivity index (χ2v) is 9.07. The monoisotopic (exact) mass is 423 g/mol. The van der Waals surface area contributed by atoms with Crippen LogP contribution in [0.4, 0.5) is 0 Å². The number of rotatable bonds is 6. The normalized spacial score (nSPS) is 21.2. The lowest BCUT2D eigenvalue weighted by Crippen LogP contribution is -2.33. The van der Waals surface area contributed by atoms with E-state index in [9.17, 15) is 4.79 Å². The third-order valence-corrected chi connectivity index (χ3v) is 6.90. The van der Waals surface area contributed by atoms with Crippen molar-refractivity contribution >= 4 is 27.5 Å². The van der Waals surface area contributed by atoms with Gasteiger partial charge in [-0.05, 0) is 48.2 Å². The van der Waals surface area contributed by atoms with Crippen LogP contribution in [0.5, 0.6) is 16.7 Å². The molecule has 2 atom stereocenters. The number of thiazole rings is 1. The lowest BCUT2D eigenvalue weighted by atomic mass is 10.0. The summed E-state index contributed by atoms with van der Waals surface area (Å²) in [5.41, 5.74) is 0.956. The van der Waals surface area contributed by atoms with Crippen molar-refractivity contribution in [3.05, 3.63) is 48.5 Å². The number of hydrogen-bond donors (Lipinski definition) is 0. The molecule has 2 aliphatic heterocycles. The molecule has 7 heteroatoms. The molecule has 156 valence electrons. The molecule has 2 unspecified atom stereocenters. The number of aromatic nitrogens is 1. The highest BCUT2D eigenvalue weighted by molar-refractivity contribution is 7.20. The molecule has 0 spiro atoms. The van der Waals surface area contributed by atoms with Gasteiger partial charge in [0.05, 0.1) is 10.2 Å². The van der Waals surface area contributed by atoms with E-state index in [2.05, 4.69) is 9.88 Å². The standard InChI is InChI=1S/C23H25N3O3S/c1-16(27)26-14-17-12-25(13-18(17)15-26)10-11-28-19-6-8-20(9-7-19)29-23-24-21-4-2-3-5-22(21)30-23/h2-9,17-18H,10-15H2,1H3. The van der Waals surface area contributed by atoms with E-state index >= 15 is 0 Å². The van der Waals surface area contributed by atoms with E-state index < -0.39 is 0 Å². The fourth-order valence-electron chi connectivity index (χ4n) is 4.42. The average molecular weight is 424 g/mol. The number of carbonyl (C=O) groups is 1. The molecule has 5 rings (SSSR count). The van der Waals surface area contributed by atoms with Gasteiger partial charge in [0.15, 0.2) is 0 Å². The quantitative estimate of drug-likeness (QED) is 0.602. The smallest absolute Gasteiger partial charge is 0.279 e. The Morgan fingerprint density at radius 3 is 2.43 bits per heavy atom. The minimum Gasteiger partial charge on any atom is -0.492 e. The van der Waals surface area contributed by atoms with Crippen molar-refractivity contribution in [2.75, 3.05) is 39.3 Å².